The highest BCUT2D eigenvalue weighted by molar-refractivity contribution is 5.57. The molecule has 3 aromatic heterocycles. The van der Waals surface area contributed by atoms with Crippen LogP contribution in [0.5, 0.6) is 0 Å². The van der Waals surface area contributed by atoms with E-state index in [0.29, 0.717) is 19.0 Å². The van der Waals surface area contributed by atoms with E-state index in [-0.39, 0.29) is 0 Å². The summed E-state index contributed by atoms with van der Waals surface area (Å²) in [6.45, 7) is 6.23. The average Bonchev–Trinajstić information content (AvgIpc) is 3.09. The van der Waals surface area contributed by atoms with Crippen LogP contribution in [0.25, 0.3) is 11.4 Å². The second kappa shape index (κ2) is 6.49. The molecular weight excluding hydrogens is 328 g/mol. The normalized spacial score (nSPS) is 20.3. The van der Waals surface area contributed by atoms with E-state index in [9.17, 15) is 0 Å². The van der Waals surface area contributed by atoms with Gasteiger partial charge in [-0.1, -0.05) is 0 Å². The summed E-state index contributed by atoms with van der Waals surface area (Å²) < 4.78 is 7.92. The van der Waals surface area contributed by atoms with E-state index in [4.69, 9.17) is 9.72 Å². The summed E-state index contributed by atoms with van der Waals surface area (Å²) in [4.78, 5) is 15.8. The highest BCUT2D eigenvalue weighted by atomic mass is 16.5. The van der Waals surface area contributed by atoms with E-state index in [1.54, 1.807) is 17.1 Å². The van der Waals surface area contributed by atoms with E-state index in [2.05, 4.69) is 26.9 Å². The Bertz CT molecular complexity index is 909. The van der Waals surface area contributed by atoms with Crippen molar-refractivity contribution in [3.05, 3.63) is 54.2 Å². The number of pyridine rings is 1. The van der Waals surface area contributed by atoms with Crippen LogP contribution in [0, 0.1) is 6.92 Å². The topological polar surface area (TPSA) is 69.0 Å². The van der Waals surface area contributed by atoms with Gasteiger partial charge in [0.05, 0.1) is 19.3 Å². The summed E-state index contributed by atoms with van der Waals surface area (Å²) in [5.74, 6) is 1.61. The van der Waals surface area contributed by atoms with Gasteiger partial charge in [0.25, 0.3) is 0 Å². The van der Waals surface area contributed by atoms with Crippen LogP contribution in [0.15, 0.2) is 43.0 Å². The van der Waals surface area contributed by atoms with Crippen molar-refractivity contribution in [3.63, 3.8) is 0 Å². The van der Waals surface area contributed by atoms with E-state index in [1.165, 1.54) is 0 Å². The Balaban J connectivity index is 1.66. The molecule has 134 valence electrons. The van der Waals surface area contributed by atoms with Gasteiger partial charge >= 0.3 is 0 Å². The summed E-state index contributed by atoms with van der Waals surface area (Å²) in [6, 6.07) is 5.90. The average molecular weight is 350 g/mol. The fraction of sp³-hybridized carbons (Fsp3) is 0.368. The zero-order valence-electron chi connectivity index (χ0n) is 15.3. The minimum Gasteiger partial charge on any atom is -0.367 e. The molecule has 1 aliphatic heterocycles. The quantitative estimate of drug-likeness (QED) is 0.722. The first kappa shape index (κ1) is 16.7. The molecule has 0 amide bonds. The Morgan fingerprint density at radius 3 is 2.85 bits per heavy atom. The lowest BCUT2D eigenvalue weighted by molar-refractivity contribution is -0.0468. The van der Waals surface area contributed by atoms with Crippen molar-refractivity contribution in [1.82, 2.24) is 24.7 Å². The van der Waals surface area contributed by atoms with Crippen molar-refractivity contribution < 1.29 is 4.74 Å². The molecule has 4 rings (SSSR count). The molecule has 0 aliphatic carbocycles. The molecule has 1 atom stereocenters. The molecule has 3 aromatic rings. The minimum atomic E-state index is -0.417. The molecule has 0 bridgehead atoms. The van der Waals surface area contributed by atoms with Gasteiger partial charge in [-0.3, -0.25) is 9.67 Å². The lowest BCUT2D eigenvalue weighted by Crippen LogP contribution is -2.48. The standard InChI is InChI=1S/C19H22N6O/c1-14-9-17(23-18(22-14)15-5-4-6-20-10-15)25-7-8-26-19(2,13-25)16-11-21-24(3)12-16/h4-6,9-12H,7-8,13H2,1-3H3. The Hall–Kier alpha value is -2.80. The van der Waals surface area contributed by atoms with Gasteiger partial charge in [-0.25, -0.2) is 9.97 Å². The molecule has 1 unspecified atom stereocenters. The number of aromatic nitrogens is 5. The maximum Gasteiger partial charge on any atom is 0.163 e. The fourth-order valence-electron chi connectivity index (χ4n) is 3.27. The fourth-order valence-corrected chi connectivity index (χ4v) is 3.27. The SMILES string of the molecule is Cc1cc(N2CCOC(C)(c3cnn(C)c3)C2)nc(-c2cccnc2)n1. The van der Waals surface area contributed by atoms with E-state index in [1.807, 2.05) is 44.6 Å². The first-order valence-corrected chi connectivity index (χ1v) is 8.68. The van der Waals surface area contributed by atoms with Gasteiger partial charge in [-0.2, -0.15) is 5.10 Å². The van der Waals surface area contributed by atoms with Crippen LogP contribution < -0.4 is 4.90 Å². The lowest BCUT2D eigenvalue weighted by Gasteiger charge is -2.40. The third kappa shape index (κ3) is 3.17. The number of rotatable bonds is 3. The Kier molecular flexibility index (Phi) is 4.16. The Morgan fingerprint density at radius 1 is 1.23 bits per heavy atom. The van der Waals surface area contributed by atoms with E-state index in [0.717, 1.165) is 29.2 Å². The smallest absolute Gasteiger partial charge is 0.163 e. The zero-order chi connectivity index (χ0) is 18.1. The number of aryl methyl sites for hydroxylation is 2. The van der Waals surface area contributed by atoms with Crippen molar-refractivity contribution in [1.29, 1.82) is 0 Å². The van der Waals surface area contributed by atoms with Crippen LogP contribution >= 0.6 is 0 Å². The number of morpholine rings is 1. The molecular formula is C19H22N6O. The van der Waals surface area contributed by atoms with Gasteiger partial charge in [-0.15, -0.1) is 0 Å². The van der Waals surface area contributed by atoms with Crippen LogP contribution in [0.3, 0.4) is 0 Å². The van der Waals surface area contributed by atoms with Gasteiger partial charge in [-0.05, 0) is 26.0 Å². The maximum absolute atomic E-state index is 6.11. The monoisotopic (exact) mass is 350 g/mol. The zero-order valence-corrected chi connectivity index (χ0v) is 15.3. The molecule has 26 heavy (non-hydrogen) atoms. The molecule has 0 aromatic carbocycles. The van der Waals surface area contributed by atoms with Crippen molar-refractivity contribution in [2.75, 3.05) is 24.6 Å². The van der Waals surface area contributed by atoms with Crippen molar-refractivity contribution >= 4 is 5.82 Å². The lowest BCUT2D eigenvalue weighted by atomic mass is 9.97. The molecule has 7 nitrogen and oxygen atoms in total. The molecule has 1 aliphatic rings. The molecule has 0 N–H and O–H groups in total. The predicted molar refractivity (Wildman–Crippen MR) is 98.7 cm³/mol. The van der Waals surface area contributed by atoms with Gasteiger partial charge in [0.1, 0.15) is 11.4 Å². The Morgan fingerprint density at radius 2 is 2.12 bits per heavy atom. The van der Waals surface area contributed by atoms with Crippen molar-refractivity contribution in [3.8, 4) is 11.4 Å². The number of anilines is 1. The molecule has 1 saturated heterocycles. The summed E-state index contributed by atoms with van der Waals surface area (Å²) >= 11 is 0. The van der Waals surface area contributed by atoms with Crippen LogP contribution in [-0.4, -0.2) is 44.4 Å². The number of hydrogen-bond acceptors (Lipinski definition) is 6. The third-order valence-electron chi connectivity index (χ3n) is 4.67. The first-order valence-electron chi connectivity index (χ1n) is 8.68. The number of ether oxygens (including phenoxy) is 1. The highest BCUT2D eigenvalue weighted by Gasteiger charge is 2.35. The summed E-state index contributed by atoms with van der Waals surface area (Å²) in [5, 5.41) is 4.29. The second-order valence-electron chi connectivity index (χ2n) is 6.84. The van der Waals surface area contributed by atoms with E-state index >= 15 is 0 Å². The summed E-state index contributed by atoms with van der Waals surface area (Å²) in [5.41, 5.74) is 2.51. The maximum atomic E-state index is 6.11. The number of nitrogens with zero attached hydrogens (tertiary/aromatic N) is 6. The van der Waals surface area contributed by atoms with Crippen LogP contribution in [0.4, 0.5) is 5.82 Å². The van der Waals surface area contributed by atoms with Crippen LogP contribution in [0.2, 0.25) is 0 Å². The van der Waals surface area contributed by atoms with Crippen molar-refractivity contribution in [2.24, 2.45) is 7.05 Å². The van der Waals surface area contributed by atoms with Gasteiger partial charge < -0.3 is 9.64 Å². The molecule has 1 fully saturated rings. The first-order chi connectivity index (χ1) is 12.5. The second-order valence-corrected chi connectivity index (χ2v) is 6.84. The summed E-state index contributed by atoms with van der Waals surface area (Å²) in [7, 11) is 1.92. The number of hydrogen-bond donors (Lipinski definition) is 0. The van der Waals surface area contributed by atoms with Gasteiger partial charge in [0.2, 0.25) is 0 Å². The molecule has 0 spiro atoms. The van der Waals surface area contributed by atoms with Crippen molar-refractivity contribution in [2.45, 2.75) is 19.4 Å². The van der Waals surface area contributed by atoms with Gasteiger partial charge in [0, 0.05) is 55.1 Å². The van der Waals surface area contributed by atoms with E-state index < -0.39 is 5.60 Å². The largest absolute Gasteiger partial charge is 0.367 e. The van der Waals surface area contributed by atoms with Crippen LogP contribution in [-0.2, 0) is 17.4 Å². The minimum absolute atomic E-state index is 0.417. The third-order valence-corrected chi connectivity index (χ3v) is 4.67. The molecule has 4 heterocycles. The predicted octanol–water partition coefficient (Wildman–Crippen LogP) is 2.33. The Labute approximate surface area is 152 Å². The summed E-state index contributed by atoms with van der Waals surface area (Å²) in [6.07, 6.45) is 7.42. The van der Waals surface area contributed by atoms with Crippen LogP contribution in [0.1, 0.15) is 18.2 Å². The molecule has 0 saturated carbocycles. The van der Waals surface area contributed by atoms with Gasteiger partial charge in [0.15, 0.2) is 5.82 Å². The highest BCUT2D eigenvalue weighted by Crippen LogP contribution is 2.31. The molecule has 0 radical (unpaired) electrons. The molecule has 7 heteroatoms.